The first kappa shape index (κ1) is 21.2. The molecule has 0 bridgehead atoms. The van der Waals surface area contributed by atoms with Crippen LogP contribution < -0.4 is 4.74 Å². The number of nitrogens with zero attached hydrogens (tertiary/aromatic N) is 1. The van der Waals surface area contributed by atoms with Gasteiger partial charge < -0.3 is 14.8 Å². The number of alkyl halides is 3. The molecule has 0 saturated heterocycles. The summed E-state index contributed by atoms with van der Waals surface area (Å²) in [6, 6.07) is 7.01. The summed E-state index contributed by atoms with van der Waals surface area (Å²) < 4.78 is 48.9. The van der Waals surface area contributed by atoms with Gasteiger partial charge in [-0.25, -0.2) is 0 Å². The smallest absolute Gasteiger partial charge is 0.417 e. The molecule has 2 aromatic heterocycles. The third kappa shape index (κ3) is 3.83. The molecule has 0 aliphatic carbocycles. The fourth-order valence-electron chi connectivity index (χ4n) is 4.30. The molecular weight excluding hydrogens is 461 g/mol. The Morgan fingerprint density at radius 2 is 2.00 bits per heavy atom. The van der Waals surface area contributed by atoms with Crippen LogP contribution in [-0.2, 0) is 18.3 Å². The van der Waals surface area contributed by atoms with Crippen LogP contribution in [0, 0.1) is 0 Å². The molecular formula is C22H22BrF3N2O2. The second-order valence-electron chi connectivity index (χ2n) is 8.56. The maximum Gasteiger partial charge on any atom is 0.417 e. The first-order valence-corrected chi connectivity index (χ1v) is 10.4. The van der Waals surface area contributed by atoms with E-state index < -0.39 is 30.0 Å². The van der Waals surface area contributed by atoms with Crippen LogP contribution in [-0.4, -0.2) is 33.5 Å². The molecule has 1 atom stereocenters. The Morgan fingerprint density at radius 1 is 1.23 bits per heavy atom. The Balaban J connectivity index is 1.71. The van der Waals surface area contributed by atoms with Crippen molar-refractivity contribution in [3.05, 3.63) is 58.0 Å². The standard InChI is InChI=1S/C22H22BrF3N2O2/c1-20(2,17-9-15(23)7-13-4-6-30-19(13)17)12-21(29,22(24,25)26)10-16-8-14-11-27-5-3-18(14)28-16/h3,5,7-9,11,28-29H,4,6,10,12H2,1-2H3. The Kier molecular flexibility index (Phi) is 5.13. The molecule has 3 heterocycles. The largest absolute Gasteiger partial charge is 0.493 e. The van der Waals surface area contributed by atoms with E-state index in [1.165, 1.54) is 0 Å². The van der Waals surface area contributed by atoms with Gasteiger partial charge in [0.05, 0.1) is 6.61 Å². The van der Waals surface area contributed by atoms with Crippen molar-refractivity contribution in [1.82, 2.24) is 9.97 Å². The van der Waals surface area contributed by atoms with Crippen LogP contribution in [0.15, 0.2) is 41.1 Å². The summed E-state index contributed by atoms with van der Waals surface area (Å²) in [5.41, 5.74) is -1.29. The number of H-pyrrole nitrogens is 1. The van der Waals surface area contributed by atoms with Crippen LogP contribution >= 0.6 is 15.9 Å². The number of hydrogen-bond donors (Lipinski definition) is 2. The Morgan fingerprint density at radius 3 is 2.70 bits per heavy atom. The quantitative estimate of drug-likeness (QED) is 0.507. The van der Waals surface area contributed by atoms with Crippen LogP contribution in [0.25, 0.3) is 10.9 Å². The Hall–Kier alpha value is -2.06. The summed E-state index contributed by atoms with van der Waals surface area (Å²) in [6.07, 6.45) is -2.04. The molecule has 4 nitrogen and oxygen atoms in total. The van der Waals surface area contributed by atoms with Gasteiger partial charge in [0.2, 0.25) is 0 Å². The molecule has 4 rings (SSSR count). The molecule has 0 fully saturated rings. The summed E-state index contributed by atoms with van der Waals surface area (Å²) in [7, 11) is 0. The first-order valence-electron chi connectivity index (χ1n) is 9.65. The van der Waals surface area contributed by atoms with Crippen molar-refractivity contribution in [2.45, 2.75) is 50.3 Å². The van der Waals surface area contributed by atoms with Gasteiger partial charge in [-0.1, -0.05) is 29.8 Å². The second kappa shape index (κ2) is 7.27. The van der Waals surface area contributed by atoms with Gasteiger partial charge in [-0.3, -0.25) is 4.98 Å². The number of halogens is 4. The molecule has 0 radical (unpaired) electrons. The highest BCUT2D eigenvalue weighted by Gasteiger charge is 2.56. The van der Waals surface area contributed by atoms with Crippen molar-refractivity contribution in [1.29, 1.82) is 0 Å². The number of fused-ring (bicyclic) bond motifs is 2. The molecule has 160 valence electrons. The van der Waals surface area contributed by atoms with Gasteiger partial charge in [0, 0.05) is 51.9 Å². The van der Waals surface area contributed by atoms with Crippen LogP contribution in [0.3, 0.4) is 0 Å². The lowest BCUT2D eigenvalue weighted by molar-refractivity contribution is -0.266. The van der Waals surface area contributed by atoms with Crippen LogP contribution in [0.2, 0.25) is 0 Å². The molecule has 1 unspecified atom stereocenters. The third-order valence-electron chi connectivity index (χ3n) is 5.70. The van der Waals surface area contributed by atoms with Crippen molar-refractivity contribution in [2.24, 2.45) is 0 Å². The monoisotopic (exact) mass is 482 g/mol. The van der Waals surface area contributed by atoms with Gasteiger partial charge in [-0.15, -0.1) is 0 Å². The van der Waals surface area contributed by atoms with Crippen LogP contribution in [0.4, 0.5) is 13.2 Å². The zero-order chi connectivity index (χ0) is 21.7. The van der Waals surface area contributed by atoms with Crippen molar-refractivity contribution in [3.63, 3.8) is 0 Å². The number of aromatic amines is 1. The number of aliphatic hydroxyl groups is 1. The van der Waals surface area contributed by atoms with E-state index in [4.69, 9.17) is 4.74 Å². The van der Waals surface area contributed by atoms with Crippen LogP contribution in [0.5, 0.6) is 5.75 Å². The minimum Gasteiger partial charge on any atom is -0.493 e. The SMILES string of the molecule is CC(C)(CC(O)(Cc1cc2cnccc2[nH]1)C(F)(F)F)c1cc(Br)cc2c1OCC2. The Bertz CT molecular complexity index is 1060. The minimum absolute atomic E-state index is 0.310. The average molecular weight is 483 g/mol. The van der Waals surface area contributed by atoms with E-state index >= 15 is 0 Å². The summed E-state index contributed by atoms with van der Waals surface area (Å²) in [4.78, 5) is 6.96. The fraction of sp³-hybridized carbons (Fsp3) is 0.409. The van der Waals surface area contributed by atoms with E-state index in [0.29, 0.717) is 40.9 Å². The minimum atomic E-state index is -4.81. The van der Waals surface area contributed by atoms with Gasteiger partial charge in [0.25, 0.3) is 0 Å². The number of benzene rings is 1. The molecule has 0 saturated carbocycles. The summed E-state index contributed by atoms with van der Waals surface area (Å²) in [5.74, 6) is 0.629. The van der Waals surface area contributed by atoms with Crippen molar-refractivity contribution in [2.75, 3.05) is 6.61 Å². The third-order valence-corrected chi connectivity index (χ3v) is 6.16. The highest BCUT2D eigenvalue weighted by Crippen LogP contribution is 2.47. The normalized spacial score (nSPS) is 16.4. The second-order valence-corrected chi connectivity index (χ2v) is 9.48. The van der Waals surface area contributed by atoms with E-state index in [1.807, 2.05) is 6.07 Å². The zero-order valence-corrected chi connectivity index (χ0v) is 18.2. The molecule has 1 aromatic carbocycles. The lowest BCUT2D eigenvalue weighted by atomic mass is 9.73. The molecule has 3 aromatic rings. The molecule has 0 amide bonds. The number of ether oxygens (including phenoxy) is 1. The number of rotatable bonds is 5. The summed E-state index contributed by atoms with van der Waals surface area (Å²) in [6.45, 7) is 3.92. The highest BCUT2D eigenvalue weighted by atomic mass is 79.9. The number of hydrogen-bond acceptors (Lipinski definition) is 3. The van der Waals surface area contributed by atoms with Gasteiger partial charge in [0.15, 0.2) is 5.60 Å². The van der Waals surface area contributed by atoms with E-state index in [1.54, 1.807) is 44.4 Å². The van der Waals surface area contributed by atoms with Gasteiger partial charge in [-0.05, 0) is 41.7 Å². The van der Waals surface area contributed by atoms with Gasteiger partial charge >= 0.3 is 6.18 Å². The summed E-state index contributed by atoms with van der Waals surface area (Å²) >= 11 is 3.45. The fourth-order valence-corrected chi connectivity index (χ4v) is 4.81. The molecule has 0 spiro atoms. The molecule has 1 aliphatic heterocycles. The number of pyridine rings is 1. The van der Waals surface area contributed by atoms with Crippen molar-refractivity contribution < 1.29 is 23.0 Å². The number of nitrogens with one attached hydrogen (secondary N) is 1. The number of aromatic nitrogens is 2. The topological polar surface area (TPSA) is 58.1 Å². The van der Waals surface area contributed by atoms with Gasteiger partial charge in [-0.2, -0.15) is 13.2 Å². The molecule has 1 aliphatic rings. The highest BCUT2D eigenvalue weighted by molar-refractivity contribution is 9.10. The van der Waals surface area contributed by atoms with Crippen LogP contribution in [0.1, 0.15) is 37.1 Å². The lowest BCUT2D eigenvalue weighted by Crippen LogP contribution is -2.51. The predicted molar refractivity (Wildman–Crippen MR) is 112 cm³/mol. The zero-order valence-electron chi connectivity index (χ0n) is 16.6. The molecule has 30 heavy (non-hydrogen) atoms. The molecule has 8 heteroatoms. The maximum atomic E-state index is 14.1. The Labute approximate surface area is 180 Å². The van der Waals surface area contributed by atoms with E-state index in [-0.39, 0.29) is 0 Å². The van der Waals surface area contributed by atoms with E-state index in [2.05, 4.69) is 25.9 Å². The summed E-state index contributed by atoms with van der Waals surface area (Å²) in [5, 5.41) is 11.6. The van der Waals surface area contributed by atoms with E-state index in [9.17, 15) is 18.3 Å². The van der Waals surface area contributed by atoms with Gasteiger partial charge in [0.1, 0.15) is 5.75 Å². The maximum absolute atomic E-state index is 14.1. The lowest BCUT2D eigenvalue weighted by Gasteiger charge is -2.38. The first-order chi connectivity index (χ1) is 14.0. The van der Waals surface area contributed by atoms with Crippen molar-refractivity contribution >= 4 is 26.8 Å². The molecule has 2 N–H and O–H groups in total. The average Bonchev–Trinajstić information content (AvgIpc) is 3.24. The van der Waals surface area contributed by atoms with E-state index in [0.717, 1.165) is 10.0 Å². The van der Waals surface area contributed by atoms with Crippen molar-refractivity contribution in [3.8, 4) is 5.75 Å². The predicted octanol–water partition coefficient (Wildman–Crippen LogP) is 5.46.